The minimum Gasteiger partial charge on any atom is -0.383 e. The highest BCUT2D eigenvalue weighted by molar-refractivity contribution is 7.12. The van der Waals surface area contributed by atoms with Gasteiger partial charge in [0.05, 0.1) is 0 Å². The maximum Gasteiger partial charge on any atom is 0.113 e. The molecule has 1 heterocycles. The minimum atomic E-state index is -0.496. The number of hydrogen-bond acceptors (Lipinski definition) is 2. The van der Waals surface area contributed by atoms with Crippen LogP contribution in [0.25, 0.3) is 0 Å². The Morgan fingerprint density at radius 3 is 2.47 bits per heavy atom. The SMILES string of the molecule is Cc1cc(C(O)c2cccc(CC(C)C)c2)sc1C. The highest BCUT2D eigenvalue weighted by Crippen LogP contribution is 2.31. The molecule has 0 amide bonds. The normalized spacial score (nSPS) is 12.9. The number of aryl methyl sites for hydroxylation is 2. The highest BCUT2D eigenvalue weighted by Gasteiger charge is 2.14. The van der Waals surface area contributed by atoms with Crippen molar-refractivity contribution >= 4 is 11.3 Å². The molecule has 102 valence electrons. The second-order valence-electron chi connectivity index (χ2n) is 5.63. The summed E-state index contributed by atoms with van der Waals surface area (Å²) in [4.78, 5) is 2.32. The molecule has 1 N–H and O–H groups in total. The highest BCUT2D eigenvalue weighted by atomic mass is 32.1. The van der Waals surface area contributed by atoms with E-state index in [1.807, 2.05) is 12.1 Å². The number of benzene rings is 1. The number of rotatable bonds is 4. The van der Waals surface area contributed by atoms with E-state index in [0.717, 1.165) is 16.9 Å². The third kappa shape index (κ3) is 3.46. The van der Waals surface area contributed by atoms with Crippen molar-refractivity contribution < 1.29 is 5.11 Å². The molecule has 0 saturated heterocycles. The summed E-state index contributed by atoms with van der Waals surface area (Å²) in [7, 11) is 0. The Hall–Kier alpha value is -1.12. The molecule has 0 spiro atoms. The monoisotopic (exact) mass is 274 g/mol. The van der Waals surface area contributed by atoms with E-state index in [0.29, 0.717) is 5.92 Å². The largest absolute Gasteiger partial charge is 0.383 e. The van der Waals surface area contributed by atoms with Crippen molar-refractivity contribution in [1.29, 1.82) is 0 Å². The van der Waals surface area contributed by atoms with Crippen LogP contribution in [0.4, 0.5) is 0 Å². The molecule has 0 fully saturated rings. The summed E-state index contributed by atoms with van der Waals surface area (Å²) < 4.78 is 0. The molecule has 19 heavy (non-hydrogen) atoms. The van der Waals surface area contributed by atoms with Crippen molar-refractivity contribution in [2.45, 2.75) is 40.2 Å². The van der Waals surface area contributed by atoms with Gasteiger partial charge in [-0.25, -0.2) is 0 Å². The van der Waals surface area contributed by atoms with Gasteiger partial charge in [0.25, 0.3) is 0 Å². The molecule has 0 aliphatic rings. The van der Waals surface area contributed by atoms with Gasteiger partial charge in [0, 0.05) is 9.75 Å². The maximum absolute atomic E-state index is 10.5. The van der Waals surface area contributed by atoms with E-state index in [1.54, 1.807) is 11.3 Å². The number of thiophene rings is 1. The Morgan fingerprint density at radius 1 is 1.16 bits per heavy atom. The molecular weight excluding hydrogens is 252 g/mol. The van der Waals surface area contributed by atoms with Gasteiger partial charge >= 0.3 is 0 Å². The first-order valence-electron chi connectivity index (χ1n) is 6.81. The summed E-state index contributed by atoms with van der Waals surface area (Å²) >= 11 is 1.69. The van der Waals surface area contributed by atoms with Gasteiger partial charge in [0.1, 0.15) is 6.10 Å². The van der Waals surface area contributed by atoms with Crippen LogP contribution in [0.3, 0.4) is 0 Å². The second kappa shape index (κ2) is 5.89. The molecular formula is C17H22OS. The van der Waals surface area contributed by atoms with Crippen molar-refractivity contribution in [2.24, 2.45) is 5.92 Å². The minimum absolute atomic E-state index is 0.496. The van der Waals surface area contributed by atoms with Gasteiger partial charge in [-0.15, -0.1) is 11.3 Å². The van der Waals surface area contributed by atoms with Crippen LogP contribution >= 0.6 is 11.3 Å². The van der Waals surface area contributed by atoms with Crippen LogP contribution in [0.1, 0.15) is 46.4 Å². The van der Waals surface area contributed by atoms with Crippen LogP contribution in [0.5, 0.6) is 0 Å². The van der Waals surface area contributed by atoms with E-state index in [-0.39, 0.29) is 0 Å². The fourth-order valence-corrected chi connectivity index (χ4v) is 3.32. The maximum atomic E-state index is 10.5. The molecule has 0 radical (unpaired) electrons. The van der Waals surface area contributed by atoms with Crippen molar-refractivity contribution in [3.8, 4) is 0 Å². The molecule has 0 bridgehead atoms. The predicted octanol–water partition coefficient (Wildman–Crippen LogP) is 4.65. The van der Waals surface area contributed by atoms with Gasteiger partial charge < -0.3 is 5.11 Å². The summed E-state index contributed by atoms with van der Waals surface area (Å²) in [5, 5.41) is 10.5. The lowest BCUT2D eigenvalue weighted by Gasteiger charge is -2.12. The van der Waals surface area contributed by atoms with Gasteiger partial charge in [0.15, 0.2) is 0 Å². The Labute approximate surface area is 119 Å². The molecule has 0 saturated carbocycles. The fraction of sp³-hybridized carbons (Fsp3) is 0.412. The number of aliphatic hydroxyl groups is 1. The number of hydrogen-bond donors (Lipinski definition) is 1. The van der Waals surface area contributed by atoms with Crippen LogP contribution in [-0.2, 0) is 6.42 Å². The van der Waals surface area contributed by atoms with Crippen LogP contribution < -0.4 is 0 Å². The molecule has 2 heteroatoms. The van der Waals surface area contributed by atoms with E-state index in [1.165, 1.54) is 16.0 Å². The van der Waals surface area contributed by atoms with E-state index >= 15 is 0 Å². The van der Waals surface area contributed by atoms with Gasteiger partial charge in [0.2, 0.25) is 0 Å². The zero-order chi connectivity index (χ0) is 14.0. The lowest BCUT2D eigenvalue weighted by Crippen LogP contribution is -2.00. The first-order valence-corrected chi connectivity index (χ1v) is 7.63. The molecule has 2 aromatic rings. The summed E-state index contributed by atoms with van der Waals surface area (Å²) in [5.74, 6) is 0.638. The van der Waals surface area contributed by atoms with Gasteiger partial charge in [-0.1, -0.05) is 38.1 Å². The van der Waals surface area contributed by atoms with Gasteiger partial charge in [-0.3, -0.25) is 0 Å². The summed E-state index contributed by atoms with van der Waals surface area (Å²) in [6.45, 7) is 8.63. The van der Waals surface area contributed by atoms with E-state index in [4.69, 9.17) is 0 Å². The molecule has 1 atom stereocenters. The first-order chi connectivity index (χ1) is 8.97. The zero-order valence-corrected chi connectivity index (χ0v) is 12.9. The summed E-state index contributed by atoms with van der Waals surface area (Å²) in [6, 6.07) is 10.4. The number of aliphatic hydroxyl groups excluding tert-OH is 1. The molecule has 0 aliphatic heterocycles. The van der Waals surface area contributed by atoms with E-state index in [9.17, 15) is 5.11 Å². The third-order valence-corrected chi connectivity index (χ3v) is 4.57. The quantitative estimate of drug-likeness (QED) is 0.860. The molecule has 2 rings (SSSR count). The lowest BCUT2D eigenvalue weighted by atomic mass is 9.98. The van der Waals surface area contributed by atoms with E-state index < -0.39 is 6.10 Å². The fourth-order valence-electron chi connectivity index (χ4n) is 2.26. The van der Waals surface area contributed by atoms with Crippen molar-refractivity contribution in [2.75, 3.05) is 0 Å². The Bertz CT molecular complexity index is 535. The van der Waals surface area contributed by atoms with Crippen LogP contribution in [-0.4, -0.2) is 5.11 Å². The molecule has 1 aromatic heterocycles. The van der Waals surface area contributed by atoms with Crippen molar-refractivity contribution in [1.82, 2.24) is 0 Å². The van der Waals surface area contributed by atoms with Crippen molar-refractivity contribution in [3.05, 3.63) is 56.8 Å². The second-order valence-corrected chi connectivity index (χ2v) is 6.92. The summed E-state index contributed by atoms with van der Waals surface area (Å²) in [5.41, 5.74) is 3.56. The smallest absolute Gasteiger partial charge is 0.113 e. The molecule has 1 unspecified atom stereocenters. The molecule has 1 nitrogen and oxygen atoms in total. The Balaban J connectivity index is 2.25. The average Bonchev–Trinajstić information content (AvgIpc) is 2.68. The lowest BCUT2D eigenvalue weighted by molar-refractivity contribution is 0.224. The van der Waals surface area contributed by atoms with Crippen LogP contribution in [0, 0.1) is 19.8 Å². The average molecular weight is 274 g/mol. The van der Waals surface area contributed by atoms with E-state index in [2.05, 4.69) is 45.9 Å². The van der Waals surface area contributed by atoms with Gasteiger partial charge in [-0.2, -0.15) is 0 Å². The Morgan fingerprint density at radius 2 is 1.89 bits per heavy atom. The van der Waals surface area contributed by atoms with Crippen molar-refractivity contribution in [3.63, 3.8) is 0 Å². The van der Waals surface area contributed by atoms with Crippen LogP contribution in [0.2, 0.25) is 0 Å². The summed E-state index contributed by atoms with van der Waals surface area (Å²) in [6.07, 6.45) is 0.563. The molecule has 1 aromatic carbocycles. The zero-order valence-electron chi connectivity index (χ0n) is 12.1. The Kier molecular flexibility index (Phi) is 4.43. The predicted molar refractivity (Wildman–Crippen MR) is 82.8 cm³/mol. The standard InChI is InChI=1S/C17H22OS/c1-11(2)8-14-6-5-7-15(10-14)17(18)16-9-12(3)13(4)19-16/h5-7,9-11,17-18H,8H2,1-4H3. The third-order valence-electron chi connectivity index (χ3n) is 3.37. The first kappa shape index (κ1) is 14.3. The topological polar surface area (TPSA) is 20.2 Å². The molecule has 0 aliphatic carbocycles. The van der Waals surface area contributed by atoms with Crippen LogP contribution in [0.15, 0.2) is 30.3 Å². The van der Waals surface area contributed by atoms with Gasteiger partial charge in [-0.05, 0) is 48.9 Å².